The van der Waals surface area contributed by atoms with E-state index in [2.05, 4.69) is 17.1 Å². The Morgan fingerprint density at radius 2 is 2.21 bits per heavy atom. The van der Waals surface area contributed by atoms with Crippen LogP contribution in [0.5, 0.6) is 0 Å². The quantitative estimate of drug-likeness (QED) is 0.553. The Balaban J connectivity index is 2.59. The van der Waals surface area contributed by atoms with Gasteiger partial charge >= 0.3 is 5.97 Å². The van der Waals surface area contributed by atoms with Crippen molar-refractivity contribution in [2.45, 2.75) is 38.1 Å². The number of aliphatic carboxylic acids is 1. The van der Waals surface area contributed by atoms with Gasteiger partial charge in [-0.1, -0.05) is 6.92 Å². The lowest BCUT2D eigenvalue weighted by Crippen LogP contribution is -2.60. The Labute approximate surface area is 116 Å². The van der Waals surface area contributed by atoms with Crippen LogP contribution in [0.4, 0.5) is 0 Å². The van der Waals surface area contributed by atoms with Crippen molar-refractivity contribution in [1.82, 2.24) is 10.2 Å². The number of carbonyl (C=O) groups is 1. The number of carboxylic acids is 1. The zero-order valence-corrected chi connectivity index (χ0v) is 12.4. The SMILES string of the molecule is CCCNC(CN(C)CCCOC)(C(=O)O)C1CC1. The Kier molecular flexibility index (Phi) is 6.75. The van der Waals surface area contributed by atoms with Crippen LogP contribution in [-0.4, -0.2) is 61.9 Å². The highest BCUT2D eigenvalue weighted by atomic mass is 16.5. The predicted molar refractivity (Wildman–Crippen MR) is 75.4 cm³/mol. The third kappa shape index (κ3) is 4.75. The molecule has 19 heavy (non-hydrogen) atoms. The van der Waals surface area contributed by atoms with Crippen molar-refractivity contribution in [1.29, 1.82) is 0 Å². The number of carboxylic acid groups (broad SMARTS) is 1. The average Bonchev–Trinajstić information content (AvgIpc) is 3.19. The first kappa shape index (κ1) is 16.4. The molecular formula is C14H28N2O3. The van der Waals surface area contributed by atoms with Crippen LogP contribution in [0.1, 0.15) is 32.6 Å². The van der Waals surface area contributed by atoms with Crippen LogP contribution >= 0.6 is 0 Å². The summed E-state index contributed by atoms with van der Waals surface area (Å²) in [5.74, 6) is -0.427. The predicted octanol–water partition coefficient (Wildman–Crippen LogP) is 1.19. The molecule has 5 nitrogen and oxygen atoms in total. The molecule has 0 saturated heterocycles. The maximum Gasteiger partial charge on any atom is 0.325 e. The van der Waals surface area contributed by atoms with Gasteiger partial charge in [0.15, 0.2) is 0 Å². The first-order chi connectivity index (χ1) is 9.06. The highest BCUT2D eigenvalue weighted by Crippen LogP contribution is 2.40. The van der Waals surface area contributed by atoms with Gasteiger partial charge in [0.05, 0.1) is 0 Å². The van der Waals surface area contributed by atoms with Crippen LogP contribution in [-0.2, 0) is 9.53 Å². The third-order valence-corrected chi connectivity index (χ3v) is 3.75. The normalized spacial score (nSPS) is 18.5. The summed E-state index contributed by atoms with van der Waals surface area (Å²) in [6.07, 6.45) is 3.93. The molecule has 1 unspecified atom stereocenters. The van der Waals surface area contributed by atoms with Crippen molar-refractivity contribution in [3.8, 4) is 0 Å². The summed E-state index contributed by atoms with van der Waals surface area (Å²) in [5.41, 5.74) is -0.766. The van der Waals surface area contributed by atoms with Crippen molar-refractivity contribution in [3.63, 3.8) is 0 Å². The van der Waals surface area contributed by atoms with Gasteiger partial charge in [-0.25, -0.2) is 0 Å². The maximum absolute atomic E-state index is 11.8. The van der Waals surface area contributed by atoms with Crippen LogP contribution in [0.2, 0.25) is 0 Å². The van der Waals surface area contributed by atoms with Gasteiger partial charge in [0.25, 0.3) is 0 Å². The molecule has 2 N–H and O–H groups in total. The molecule has 0 aromatic rings. The fourth-order valence-corrected chi connectivity index (χ4v) is 2.56. The molecule has 0 radical (unpaired) electrons. The fourth-order valence-electron chi connectivity index (χ4n) is 2.56. The molecule has 1 rings (SSSR count). The zero-order valence-electron chi connectivity index (χ0n) is 12.4. The van der Waals surface area contributed by atoms with Crippen molar-refractivity contribution in [2.24, 2.45) is 5.92 Å². The second-order valence-corrected chi connectivity index (χ2v) is 5.56. The smallest absolute Gasteiger partial charge is 0.325 e. The van der Waals surface area contributed by atoms with Crippen LogP contribution in [0, 0.1) is 5.92 Å². The number of nitrogens with zero attached hydrogens (tertiary/aromatic N) is 1. The minimum atomic E-state index is -0.766. The Morgan fingerprint density at radius 1 is 1.53 bits per heavy atom. The van der Waals surface area contributed by atoms with E-state index in [9.17, 15) is 9.90 Å². The summed E-state index contributed by atoms with van der Waals surface area (Å²) in [7, 11) is 3.68. The van der Waals surface area contributed by atoms with Gasteiger partial charge in [-0.2, -0.15) is 0 Å². The van der Waals surface area contributed by atoms with E-state index in [0.717, 1.165) is 45.4 Å². The molecule has 112 valence electrons. The summed E-state index contributed by atoms with van der Waals surface area (Å²) >= 11 is 0. The largest absolute Gasteiger partial charge is 0.480 e. The van der Waals surface area contributed by atoms with E-state index >= 15 is 0 Å². The molecule has 1 aliphatic carbocycles. The molecule has 0 amide bonds. The molecule has 0 heterocycles. The molecule has 0 spiro atoms. The van der Waals surface area contributed by atoms with Crippen molar-refractivity contribution < 1.29 is 14.6 Å². The van der Waals surface area contributed by atoms with Crippen molar-refractivity contribution in [2.75, 3.05) is 40.4 Å². The number of methoxy groups -OCH3 is 1. The lowest BCUT2D eigenvalue weighted by atomic mass is 9.92. The Morgan fingerprint density at radius 3 is 2.68 bits per heavy atom. The monoisotopic (exact) mass is 272 g/mol. The number of ether oxygens (including phenoxy) is 1. The van der Waals surface area contributed by atoms with Gasteiger partial charge in [0, 0.05) is 26.8 Å². The topological polar surface area (TPSA) is 61.8 Å². The molecule has 0 aromatic carbocycles. The molecular weight excluding hydrogens is 244 g/mol. The number of hydrogen-bond acceptors (Lipinski definition) is 4. The van der Waals surface area contributed by atoms with Crippen LogP contribution in [0.3, 0.4) is 0 Å². The number of hydrogen-bond donors (Lipinski definition) is 2. The molecule has 1 aliphatic rings. The second kappa shape index (κ2) is 7.82. The Hall–Kier alpha value is -0.650. The van der Waals surface area contributed by atoms with Gasteiger partial charge in [0.1, 0.15) is 5.54 Å². The lowest BCUT2D eigenvalue weighted by molar-refractivity contribution is -0.147. The summed E-state index contributed by atoms with van der Waals surface area (Å²) in [5, 5.41) is 13.0. The van der Waals surface area contributed by atoms with E-state index in [1.165, 1.54) is 0 Å². The van der Waals surface area contributed by atoms with Crippen molar-refractivity contribution in [3.05, 3.63) is 0 Å². The maximum atomic E-state index is 11.8. The molecule has 0 aromatic heterocycles. The number of rotatable bonds is 11. The number of likely N-dealkylation sites (N-methyl/N-ethyl adjacent to an activating group) is 1. The Bertz CT molecular complexity index is 282. The zero-order chi connectivity index (χ0) is 14.3. The number of nitrogens with one attached hydrogen (secondary N) is 1. The minimum Gasteiger partial charge on any atom is -0.480 e. The highest BCUT2D eigenvalue weighted by molar-refractivity contribution is 5.80. The molecule has 5 heteroatoms. The lowest BCUT2D eigenvalue weighted by Gasteiger charge is -2.35. The van der Waals surface area contributed by atoms with E-state index in [1.54, 1.807) is 7.11 Å². The van der Waals surface area contributed by atoms with Gasteiger partial charge < -0.3 is 20.1 Å². The molecule has 1 atom stereocenters. The first-order valence-corrected chi connectivity index (χ1v) is 7.22. The van der Waals surface area contributed by atoms with E-state index < -0.39 is 11.5 Å². The van der Waals surface area contributed by atoms with Crippen molar-refractivity contribution >= 4 is 5.97 Å². The van der Waals surface area contributed by atoms with E-state index in [0.29, 0.717) is 6.54 Å². The van der Waals surface area contributed by atoms with Gasteiger partial charge in [0.2, 0.25) is 0 Å². The first-order valence-electron chi connectivity index (χ1n) is 7.22. The van der Waals surface area contributed by atoms with Gasteiger partial charge in [-0.05, 0) is 45.2 Å². The van der Waals surface area contributed by atoms with E-state index in [4.69, 9.17) is 4.74 Å². The molecule has 1 saturated carbocycles. The molecule has 0 aliphatic heterocycles. The summed E-state index contributed by atoms with van der Waals surface area (Å²) < 4.78 is 5.04. The second-order valence-electron chi connectivity index (χ2n) is 5.56. The van der Waals surface area contributed by atoms with E-state index in [-0.39, 0.29) is 5.92 Å². The summed E-state index contributed by atoms with van der Waals surface area (Å²) in [6.45, 7) is 4.97. The molecule has 0 bridgehead atoms. The summed E-state index contributed by atoms with van der Waals surface area (Å²) in [4.78, 5) is 13.9. The standard InChI is InChI=1S/C14H28N2O3/c1-4-8-15-14(13(17)18,12-6-7-12)11-16(2)9-5-10-19-3/h12,15H,4-11H2,1-3H3,(H,17,18). The minimum absolute atomic E-state index is 0.279. The summed E-state index contributed by atoms with van der Waals surface area (Å²) in [6, 6.07) is 0. The highest BCUT2D eigenvalue weighted by Gasteiger charge is 2.51. The van der Waals surface area contributed by atoms with Crippen LogP contribution in [0.15, 0.2) is 0 Å². The molecule has 1 fully saturated rings. The fraction of sp³-hybridized carbons (Fsp3) is 0.929. The van der Waals surface area contributed by atoms with Gasteiger partial charge in [-0.3, -0.25) is 4.79 Å². The average molecular weight is 272 g/mol. The third-order valence-electron chi connectivity index (χ3n) is 3.75. The van der Waals surface area contributed by atoms with E-state index in [1.807, 2.05) is 7.05 Å². The van der Waals surface area contributed by atoms with Crippen LogP contribution in [0.25, 0.3) is 0 Å². The van der Waals surface area contributed by atoms with Crippen LogP contribution < -0.4 is 5.32 Å². The van der Waals surface area contributed by atoms with Gasteiger partial charge in [-0.15, -0.1) is 0 Å².